The monoisotopic (exact) mass is 252 g/mol. The third kappa shape index (κ3) is 2.87. The van der Waals surface area contributed by atoms with Crippen LogP contribution in [0.15, 0.2) is 0 Å². The molecule has 1 saturated carbocycles. The van der Waals surface area contributed by atoms with Crippen LogP contribution in [-0.4, -0.2) is 29.4 Å². The van der Waals surface area contributed by atoms with Crippen LogP contribution in [0.1, 0.15) is 58.8 Å². The summed E-state index contributed by atoms with van der Waals surface area (Å²) in [6.45, 7) is 5.50. The second-order valence-electron chi connectivity index (χ2n) is 6.28. The highest BCUT2D eigenvalue weighted by atomic mass is 16.2. The van der Waals surface area contributed by atoms with Crippen LogP contribution in [0.25, 0.3) is 0 Å². The van der Waals surface area contributed by atoms with Crippen molar-refractivity contribution in [1.82, 2.24) is 4.90 Å². The molecule has 104 valence electrons. The molecule has 0 spiro atoms. The fourth-order valence-electron chi connectivity index (χ4n) is 3.73. The molecule has 18 heavy (non-hydrogen) atoms. The molecule has 2 fully saturated rings. The van der Waals surface area contributed by atoms with Crippen molar-refractivity contribution in [3.05, 3.63) is 0 Å². The summed E-state index contributed by atoms with van der Waals surface area (Å²) in [4.78, 5) is 14.8. The lowest BCUT2D eigenvalue weighted by Crippen LogP contribution is -2.49. The van der Waals surface area contributed by atoms with Gasteiger partial charge in [0, 0.05) is 24.5 Å². The van der Waals surface area contributed by atoms with Gasteiger partial charge in [-0.3, -0.25) is 4.79 Å². The van der Waals surface area contributed by atoms with Crippen molar-refractivity contribution in [2.24, 2.45) is 17.6 Å². The zero-order valence-electron chi connectivity index (χ0n) is 11.9. The average molecular weight is 252 g/mol. The van der Waals surface area contributed by atoms with Gasteiger partial charge in [-0.05, 0) is 44.4 Å². The fourth-order valence-corrected chi connectivity index (χ4v) is 3.73. The van der Waals surface area contributed by atoms with Crippen LogP contribution in [0.3, 0.4) is 0 Å². The average Bonchev–Trinajstić information content (AvgIpc) is 2.78. The number of nitrogens with zero attached hydrogens (tertiary/aromatic N) is 1. The molecule has 2 aliphatic rings. The van der Waals surface area contributed by atoms with Crippen LogP contribution in [-0.2, 0) is 4.79 Å². The minimum absolute atomic E-state index is 0.213. The first-order valence-electron chi connectivity index (χ1n) is 7.69. The maximum Gasteiger partial charge on any atom is 0.225 e. The van der Waals surface area contributed by atoms with Crippen molar-refractivity contribution in [3.63, 3.8) is 0 Å². The van der Waals surface area contributed by atoms with Gasteiger partial charge in [0.15, 0.2) is 0 Å². The molecule has 0 aromatic carbocycles. The second kappa shape index (κ2) is 6.05. The van der Waals surface area contributed by atoms with E-state index in [1.165, 1.54) is 19.3 Å². The van der Waals surface area contributed by atoms with Gasteiger partial charge in [-0.1, -0.05) is 20.3 Å². The van der Waals surface area contributed by atoms with Crippen LogP contribution in [0.2, 0.25) is 0 Å². The van der Waals surface area contributed by atoms with E-state index in [9.17, 15) is 4.79 Å². The highest BCUT2D eigenvalue weighted by Crippen LogP contribution is 2.32. The Labute approximate surface area is 111 Å². The lowest BCUT2D eigenvalue weighted by atomic mass is 9.87. The number of hydrogen-bond acceptors (Lipinski definition) is 2. The molecule has 1 saturated heterocycles. The Kier molecular flexibility index (Phi) is 4.66. The summed E-state index contributed by atoms with van der Waals surface area (Å²) < 4.78 is 0. The highest BCUT2D eigenvalue weighted by molar-refractivity contribution is 5.79. The lowest BCUT2D eigenvalue weighted by molar-refractivity contribution is -0.140. The summed E-state index contributed by atoms with van der Waals surface area (Å²) in [6, 6.07) is 0.735. The zero-order valence-corrected chi connectivity index (χ0v) is 11.9. The molecule has 0 radical (unpaired) electrons. The number of piperidine rings is 1. The number of carbonyl (C=O) groups is 1. The molecule has 4 atom stereocenters. The van der Waals surface area contributed by atoms with Crippen LogP contribution in [0.5, 0.6) is 0 Å². The molecule has 1 amide bonds. The van der Waals surface area contributed by atoms with Gasteiger partial charge in [-0.15, -0.1) is 0 Å². The standard InChI is InChI=1S/C15H28N2O/c1-3-5-14-11(2)6-4-9-17(14)15(18)12-7-8-13(16)10-12/h11-14H,3-10,16H2,1-2H3. The Balaban J connectivity index is 2.02. The Hall–Kier alpha value is -0.570. The SMILES string of the molecule is CCCC1C(C)CCCN1C(=O)C1CCC(N)C1. The van der Waals surface area contributed by atoms with Gasteiger partial charge in [-0.2, -0.15) is 0 Å². The maximum atomic E-state index is 12.6. The number of hydrogen-bond donors (Lipinski definition) is 1. The van der Waals surface area contributed by atoms with Crippen LogP contribution in [0.4, 0.5) is 0 Å². The van der Waals surface area contributed by atoms with E-state index in [0.29, 0.717) is 17.9 Å². The van der Waals surface area contributed by atoms with Gasteiger partial charge in [0.1, 0.15) is 0 Å². The van der Waals surface area contributed by atoms with Crippen molar-refractivity contribution in [3.8, 4) is 0 Å². The predicted molar refractivity (Wildman–Crippen MR) is 74.1 cm³/mol. The first-order valence-corrected chi connectivity index (χ1v) is 7.69. The van der Waals surface area contributed by atoms with Gasteiger partial charge in [0.25, 0.3) is 0 Å². The maximum absolute atomic E-state index is 12.6. The minimum atomic E-state index is 0.213. The number of amides is 1. The van der Waals surface area contributed by atoms with Gasteiger partial charge in [0.05, 0.1) is 0 Å². The van der Waals surface area contributed by atoms with Crippen molar-refractivity contribution in [2.75, 3.05) is 6.54 Å². The second-order valence-corrected chi connectivity index (χ2v) is 6.28. The van der Waals surface area contributed by atoms with Crippen molar-refractivity contribution >= 4 is 5.91 Å². The quantitative estimate of drug-likeness (QED) is 0.839. The van der Waals surface area contributed by atoms with Crippen molar-refractivity contribution < 1.29 is 4.79 Å². The molecule has 0 bridgehead atoms. The van der Waals surface area contributed by atoms with E-state index in [4.69, 9.17) is 5.73 Å². The zero-order chi connectivity index (χ0) is 13.1. The van der Waals surface area contributed by atoms with Crippen LogP contribution >= 0.6 is 0 Å². The van der Waals surface area contributed by atoms with Gasteiger partial charge < -0.3 is 10.6 Å². The molecule has 2 N–H and O–H groups in total. The van der Waals surface area contributed by atoms with E-state index in [2.05, 4.69) is 18.7 Å². The Bertz CT molecular complexity index is 292. The molecule has 4 unspecified atom stereocenters. The molecule has 3 nitrogen and oxygen atoms in total. The van der Waals surface area contributed by atoms with E-state index in [1.54, 1.807) is 0 Å². The summed E-state index contributed by atoms with van der Waals surface area (Å²) in [5.74, 6) is 1.27. The summed E-state index contributed by atoms with van der Waals surface area (Å²) in [5, 5.41) is 0. The molecule has 2 rings (SSSR count). The normalized spacial score (nSPS) is 36.9. The molecule has 3 heteroatoms. The lowest BCUT2D eigenvalue weighted by Gasteiger charge is -2.41. The van der Waals surface area contributed by atoms with Crippen LogP contribution in [0, 0.1) is 11.8 Å². The number of carbonyl (C=O) groups excluding carboxylic acids is 1. The first kappa shape index (κ1) is 13.9. The van der Waals surface area contributed by atoms with E-state index >= 15 is 0 Å². The topological polar surface area (TPSA) is 46.3 Å². The number of rotatable bonds is 3. The van der Waals surface area contributed by atoms with Gasteiger partial charge in [-0.25, -0.2) is 0 Å². The largest absolute Gasteiger partial charge is 0.339 e. The summed E-state index contributed by atoms with van der Waals surface area (Å²) >= 11 is 0. The first-order chi connectivity index (χ1) is 8.63. The fraction of sp³-hybridized carbons (Fsp3) is 0.933. The smallest absolute Gasteiger partial charge is 0.225 e. The number of nitrogens with two attached hydrogens (primary N) is 1. The van der Waals surface area contributed by atoms with E-state index in [1.807, 2.05) is 0 Å². The molecule has 0 aromatic rings. The summed E-state index contributed by atoms with van der Waals surface area (Å²) in [6.07, 6.45) is 7.71. The minimum Gasteiger partial charge on any atom is -0.339 e. The molecular weight excluding hydrogens is 224 g/mol. The van der Waals surface area contributed by atoms with Crippen LogP contribution < -0.4 is 5.73 Å². The van der Waals surface area contributed by atoms with Crippen molar-refractivity contribution in [1.29, 1.82) is 0 Å². The molecule has 1 aliphatic heterocycles. The third-order valence-corrected chi connectivity index (χ3v) is 4.81. The Morgan fingerprint density at radius 3 is 2.72 bits per heavy atom. The molecule has 1 heterocycles. The van der Waals surface area contributed by atoms with Crippen molar-refractivity contribution in [2.45, 2.75) is 70.9 Å². The highest BCUT2D eigenvalue weighted by Gasteiger charge is 2.36. The summed E-state index contributed by atoms with van der Waals surface area (Å²) in [7, 11) is 0. The molecule has 0 aromatic heterocycles. The van der Waals surface area contributed by atoms with E-state index < -0.39 is 0 Å². The van der Waals surface area contributed by atoms with Gasteiger partial charge >= 0.3 is 0 Å². The number of likely N-dealkylation sites (tertiary alicyclic amines) is 1. The summed E-state index contributed by atoms with van der Waals surface area (Å²) in [5.41, 5.74) is 5.94. The van der Waals surface area contributed by atoms with E-state index in [-0.39, 0.29) is 12.0 Å². The Morgan fingerprint density at radius 1 is 1.33 bits per heavy atom. The van der Waals surface area contributed by atoms with E-state index in [0.717, 1.165) is 32.2 Å². The Morgan fingerprint density at radius 2 is 2.11 bits per heavy atom. The predicted octanol–water partition coefficient (Wildman–Crippen LogP) is 2.54. The molecular formula is C15H28N2O. The third-order valence-electron chi connectivity index (χ3n) is 4.81. The molecule has 1 aliphatic carbocycles. The van der Waals surface area contributed by atoms with Gasteiger partial charge in [0.2, 0.25) is 5.91 Å².